The topological polar surface area (TPSA) is 115 Å². The minimum atomic E-state index is -4.52. The Morgan fingerprint density at radius 1 is 1.21 bits per heavy atom. The number of phosphoric acid groups is 1. The van der Waals surface area contributed by atoms with Crippen molar-refractivity contribution in [2.24, 2.45) is 5.73 Å². The predicted molar refractivity (Wildman–Crippen MR) is 108 cm³/mol. The summed E-state index contributed by atoms with van der Waals surface area (Å²) >= 11 is 0. The number of benzene rings is 1. The van der Waals surface area contributed by atoms with E-state index < -0.39 is 13.4 Å². The van der Waals surface area contributed by atoms with Crippen molar-refractivity contribution in [3.63, 3.8) is 0 Å². The Hall–Kier alpha value is -1.89. The fourth-order valence-electron chi connectivity index (χ4n) is 2.44. The number of nitrogens with two attached hydrogens (primary N) is 1. The Balaban J connectivity index is 1.79. The average Bonchev–Trinajstić information content (AvgIpc) is 3.06. The lowest BCUT2D eigenvalue weighted by Crippen LogP contribution is -2.41. The van der Waals surface area contributed by atoms with Gasteiger partial charge in [0.2, 0.25) is 0 Å². The Morgan fingerprint density at radius 2 is 1.96 bits per heavy atom. The number of ether oxygens (including phenoxy) is 1. The zero-order chi connectivity index (χ0) is 20.8. The van der Waals surface area contributed by atoms with Crippen LogP contribution < -0.4 is 10.5 Å². The van der Waals surface area contributed by atoms with Crippen LogP contribution in [-0.2, 0) is 15.5 Å². The van der Waals surface area contributed by atoms with E-state index in [-0.39, 0.29) is 6.61 Å². The highest BCUT2D eigenvalue weighted by Crippen LogP contribution is 2.36. The van der Waals surface area contributed by atoms with Gasteiger partial charge in [-0.05, 0) is 74.7 Å². The summed E-state index contributed by atoms with van der Waals surface area (Å²) in [5, 5.41) is 0. The SMILES string of the molecule is Cc1ccc(OC/C=C/c2ccc(CCC(C)(N)COP(=O)(O)O)o2)cc1C. The van der Waals surface area contributed by atoms with Crippen molar-refractivity contribution >= 4 is 13.9 Å². The average molecular weight is 409 g/mol. The summed E-state index contributed by atoms with van der Waals surface area (Å²) in [7, 11) is -4.52. The highest BCUT2D eigenvalue weighted by molar-refractivity contribution is 7.46. The van der Waals surface area contributed by atoms with Crippen molar-refractivity contribution in [2.45, 2.75) is 39.2 Å². The van der Waals surface area contributed by atoms with E-state index in [1.54, 1.807) is 6.92 Å². The molecule has 2 rings (SSSR count). The Morgan fingerprint density at radius 3 is 2.64 bits per heavy atom. The number of hydrogen-bond donors (Lipinski definition) is 3. The fraction of sp³-hybridized carbons (Fsp3) is 0.400. The van der Waals surface area contributed by atoms with Gasteiger partial charge in [0.05, 0.1) is 6.61 Å². The maximum atomic E-state index is 10.8. The third kappa shape index (κ3) is 8.00. The van der Waals surface area contributed by atoms with Gasteiger partial charge in [-0.3, -0.25) is 4.52 Å². The molecule has 0 saturated carbocycles. The lowest BCUT2D eigenvalue weighted by atomic mass is 9.98. The van der Waals surface area contributed by atoms with Crippen molar-refractivity contribution in [1.29, 1.82) is 0 Å². The van der Waals surface area contributed by atoms with Crippen LogP contribution in [0.25, 0.3) is 6.08 Å². The van der Waals surface area contributed by atoms with Gasteiger partial charge in [-0.25, -0.2) is 4.57 Å². The van der Waals surface area contributed by atoms with E-state index in [9.17, 15) is 4.57 Å². The van der Waals surface area contributed by atoms with E-state index in [0.29, 0.717) is 25.2 Å². The van der Waals surface area contributed by atoms with E-state index in [0.717, 1.165) is 11.5 Å². The summed E-state index contributed by atoms with van der Waals surface area (Å²) in [6.07, 6.45) is 4.70. The van der Waals surface area contributed by atoms with Crippen molar-refractivity contribution in [3.05, 3.63) is 59.1 Å². The molecule has 0 spiro atoms. The Labute approximate surface area is 165 Å². The van der Waals surface area contributed by atoms with Gasteiger partial charge in [-0.1, -0.05) is 6.07 Å². The number of hydrogen-bond acceptors (Lipinski definition) is 5. The van der Waals surface area contributed by atoms with E-state index in [2.05, 4.69) is 11.4 Å². The second kappa shape index (κ2) is 9.54. The molecule has 1 unspecified atom stereocenters. The molecule has 0 radical (unpaired) electrons. The van der Waals surface area contributed by atoms with E-state index in [1.165, 1.54) is 11.1 Å². The number of phosphoric ester groups is 1. The summed E-state index contributed by atoms with van der Waals surface area (Å²) in [4.78, 5) is 17.5. The molecule has 0 aliphatic heterocycles. The van der Waals surface area contributed by atoms with Crippen LogP contribution in [0.15, 0.2) is 40.8 Å². The van der Waals surface area contributed by atoms with Crippen LogP contribution in [0.5, 0.6) is 5.75 Å². The predicted octanol–water partition coefficient (Wildman–Crippen LogP) is 3.75. The lowest BCUT2D eigenvalue weighted by molar-refractivity contribution is 0.154. The Bertz CT molecular complexity index is 852. The van der Waals surface area contributed by atoms with E-state index >= 15 is 0 Å². The van der Waals surface area contributed by atoms with Crippen LogP contribution in [0.4, 0.5) is 0 Å². The van der Waals surface area contributed by atoms with Crippen molar-refractivity contribution in [2.75, 3.05) is 13.2 Å². The summed E-state index contributed by atoms with van der Waals surface area (Å²) < 4.78 is 26.7. The molecule has 8 heteroatoms. The third-order valence-corrected chi connectivity index (χ3v) is 4.76. The minimum Gasteiger partial charge on any atom is -0.490 e. The monoisotopic (exact) mass is 409 g/mol. The first-order valence-corrected chi connectivity index (χ1v) is 10.5. The van der Waals surface area contributed by atoms with Gasteiger partial charge in [0.1, 0.15) is 23.9 Å². The van der Waals surface area contributed by atoms with Crippen LogP contribution in [0, 0.1) is 13.8 Å². The van der Waals surface area contributed by atoms with Gasteiger partial charge < -0.3 is 24.7 Å². The minimum absolute atomic E-state index is 0.236. The molecule has 0 bridgehead atoms. The van der Waals surface area contributed by atoms with E-state index in [4.69, 9.17) is 24.7 Å². The van der Waals surface area contributed by atoms with Gasteiger partial charge in [-0.15, -0.1) is 0 Å². The maximum Gasteiger partial charge on any atom is 0.469 e. The molecule has 28 heavy (non-hydrogen) atoms. The largest absolute Gasteiger partial charge is 0.490 e. The highest BCUT2D eigenvalue weighted by atomic mass is 31.2. The molecular formula is C20H28NO6P. The molecule has 4 N–H and O–H groups in total. The second-order valence-corrected chi connectivity index (χ2v) is 8.42. The highest BCUT2D eigenvalue weighted by Gasteiger charge is 2.24. The van der Waals surface area contributed by atoms with Crippen LogP contribution in [0.1, 0.15) is 36.0 Å². The smallest absolute Gasteiger partial charge is 0.469 e. The second-order valence-electron chi connectivity index (χ2n) is 7.18. The Kier molecular flexibility index (Phi) is 7.63. The van der Waals surface area contributed by atoms with Gasteiger partial charge in [0, 0.05) is 12.0 Å². The van der Waals surface area contributed by atoms with Crippen molar-refractivity contribution in [3.8, 4) is 5.75 Å². The first-order chi connectivity index (χ1) is 13.0. The molecule has 0 saturated heterocycles. The molecule has 0 amide bonds. The fourth-order valence-corrected chi connectivity index (χ4v) is 2.91. The standard InChI is InChI=1S/C20H28NO6P/c1-15-6-7-19(13-16(15)2)25-12-4-5-17-8-9-18(27-17)10-11-20(3,21)14-26-28(22,23)24/h4-9,13H,10-12,14,21H2,1-3H3,(H2,22,23,24)/b5-4+. The molecule has 0 fully saturated rings. The molecule has 154 valence electrons. The van der Waals surface area contributed by atoms with Gasteiger partial charge in [0.25, 0.3) is 0 Å². The quantitative estimate of drug-likeness (QED) is 0.512. The summed E-state index contributed by atoms with van der Waals surface area (Å²) in [6.45, 7) is 5.98. The zero-order valence-electron chi connectivity index (χ0n) is 16.4. The number of aryl methyl sites for hydroxylation is 3. The van der Waals surface area contributed by atoms with Crippen LogP contribution in [0.3, 0.4) is 0 Å². The summed E-state index contributed by atoms with van der Waals surface area (Å²) in [5.41, 5.74) is 7.56. The molecule has 1 aromatic heterocycles. The van der Waals surface area contributed by atoms with Crippen LogP contribution in [0.2, 0.25) is 0 Å². The third-order valence-electron chi connectivity index (χ3n) is 4.29. The molecule has 7 nitrogen and oxygen atoms in total. The molecule has 2 aromatic rings. The van der Waals surface area contributed by atoms with Gasteiger partial charge >= 0.3 is 7.82 Å². The van der Waals surface area contributed by atoms with Gasteiger partial charge in [-0.2, -0.15) is 0 Å². The molecule has 0 aliphatic rings. The lowest BCUT2D eigenvalue weighted by Gasteiger charge is -2.23. The van der Waals surface area contributed by atoms with Gasteiger partial charge in [0.15, 0.2) is 0 Å². The first-order valence-electron chi connectivity index (χ1n) is 8.98. The van der Waals surface area contributed by atoms with Crippen LogP contribution >= 0.6 is 7.82 Å². The first kappa shape index (κ1) is 22.4. The number of furan rings is 1. The molecule has 1 heterocycles. The molecule has 1 atom stereocenters. The normalized spacial score (nSPS) is 14.4. The van der Waals surface area contributed by atoms with E-state index in [1.807, 2.05) is 49.4 Å². The maximum absolute atomic E-state index is 10.8. The zero-order valence-corrected chi connectivity index (χ0v) is 17.3. The van der Waals surface area contributed by atoms with Crippen LogP contribution in [-0.4, -0.2) is 28.5 Å². The molecule has 1 aromatic carbocycles. The van der Waals surface area contributed by atoms with Crippen molar-refractivity contribution in [1.82, 2.24) is 0 Å². The number of rotatable bonds is 10. The molecular weight excluding hydrogens is 381 g/mol. The van der Waals surface area contributed by atoms with Crippen molar-refractivity contribution < 1.29 is 28.0 Å². The summed E-state index contributed by atoms with van der Waals surface area (Å²) in [5.74, 6) is 2.26. The summed E-state index contributed by atoms with van der Waals surface area (Å²) in [6, 6.07) is 9.68. The molecule has 0 aliphatic carbocycles.